The Morgan fingerprint density at radius 3 is 1.48 bits per heavy atom. The van der Waals surface area contributed by atoms with Crippen molar-refractivity contribution in [1.82, 2.24) is 5.32 Å². The highest BCUT2D eigenvalue weighted by Gasteiger charge is 2.27. The summed E-state index contributed by atoms with van der Waals surface area (Å²) in [6, 6.07) is -0.774. The van der Waals surface area contributed by atoms with E-state index in [0.29, 0.717) is 12.8 Å². The molecule has 9 heteroatoms. The molecule has 0 saturated heterocycles. The Morgan fingerprint density at radius 2 is 1.04 bits per heavy atom. The zero-order valence-electron chi connectivity index (χ0n) is 32.9. The molecule has 0 aromatic heterocycles. The lowest BCUT2D eigenvalue weighted by molar-refractivity contribution is -0.123. The average molecular weight is 731 g/mol. The first kappa shape index (κ1) is 49.2. The number of rotatable bonds is 40. The van der Waals surface area contributed by atoms with Crippen molar-refractivity contribution in [3.05, 3.63) is 12.2 Å². The zero-order chi connectivity index (χ0) is 36.8. The number of hydrogen-bond donors (Lipinski definition) is 4. The van der Waals surface area contributed by atoms with Gasteiger partial charge in [-0.25, -0.2) is 4.57 Å². The predicted molar refractivity (Wildman–Crippen MR) is 212 cm³/mol. The van der Waals surface area contributed by atoms with Crippen LogP contribution in [0.5, 0.6) is 0 Å². The molecule has 0 aromatic rings. The molecule has 0 aromatic carbocycles. The minimum Gasteiger partial charge on any atom is -0.391 e. The molecule has 0 heterocycles. The van der Waals surface area contributed by atoms with Gasteiger partial charge in [0.1, 0.15) is 0 Å². The van der Waals surface area contributed by atoms with Gasteiger partial charge in [0, 0.05) is 13.0 Å². The molecule has 0 aliphatic heterocycles. The van der Waals surface area contributed by atoms with Crippen LogP contribution in [0.25, 0.3) is 0 Å². The Morgan fingerprint density at radius 1 is 0.640 bits per heavy atom. The second kappa shape index (κ2) is 38.0. The van der Waals surface area contributed by atoms with E-state index in [0.717, 1.165) is 51.4 Å². The Balaban J connectivity index is 4.18. The second-order valence-corrected chi connectivity index (χ2v) is 16.0. The Bertz CT molecular complexity index is 799. The van der Waals surface area contributed by atoms with Crippen LogP contribution in [0, 0.1) is 0 Å². The normalized spacial score (nSPS) is 14.3. The monoisotopic (exact) mass is 731 g/mol. The molecule has 0 rings (SSSR count). The van der Waals surface area contributed by atoms with E-state index in [1.165, 1.54) is 135 Å². The third kappa shape index (κ3) is 35.6. The van der Waals surface area contributed by atoms with Crippen LogP contribution in [0.4, 0.5) is 0 Å². The van der Waals surface area contributed by atoms with E-state index in [-0.39, 0.29) is 25.7 Å². The van der Waals surface area contributed by atoms with Crippen molar-refractivity contribution < 1.29 is 28.4 Å². The molecule has 0 fully saturated rings. The number of aliphatic hydroxyl groups is 1. The number of nitrogens with two attached hydrogens (primary N) is 1. The number of phosphoric ester groups is 1. The SMILES string of the molecule is CCCCCCCC/C=C\CCCCCCCC(=O)NC(COP(=O)(O)OCCN)C(O)CCCCCCCCCCCCCCCCCC. The molecule has 1 amide bonds. The highest BCUT2D eigenvalue weighted by atomic mass is 31.2. The summed E-state index contributed by atoms with van der Waals surface area (Å²) >= 11 is 0. The van der Waals surface area contributed by atoms with Crippen LogP contribution >= 0.6 is 7.82 Å². The van der Waals surface area contributed by atoms with Crippen LogP contribution in [0.2, 0.25) is 0 Å². The molecule has 0 radical (unpaired) electrons. The van der Waals surface area contributed by atoms with Crippen LogP contribution in [0.3, 0.4) is 0 Å². The van der Waals surface area contributed by atoms with Gasteiger partial charge in [0.05, 0.1) is 25.4 Å². The van der Waals surface area contributed by atoms with E-state index >= 15 is 0 Å². The summed E-state index contributed by atoms with van der Waals surface area (Å²) in [5.41, 5.74) is 5.37. The summed E-state index contributed by atoms with van der Waals surface area (Å²) in [5, 5.41) is 13.8. The Labute approximate surface area is 309 Å². The molecule has 50 heavy (non-hydrogen) atoms. The van der Waals surface area contributed by atoms with Crippen molar-refractivity contribution in [2.45, 2.75) is 225 Å². The van der Waals surface area contributed by atoms with E-state index in [1.54, 1.807) is 0 Å². The van der Waals surface area contributed by atoms with Gasteiger partial charge in [0.15, 0.2) is 0 Å². The van der Waals surface area contributed by atoms with Crippen molar-refractivity contribution in [2.24, 2.45) is 5.73 Å². The number of nitrogens with one attached hydrogen (secondary N) is 1. The number of allylic oxidation sites excluding steroid dienone is 2. The Kier molecular flexibility index (Phi) is 37.4. The van der Waals surface area contributed by atoms with Gasteiger partial charge in [0.2, 0.25) is 5.91 Å². The van der Waals surface area contributed by atoms with Crippen LogP contribution < -0.4 is 11.1 Å². The molecular weight excluding hydrogens is 647 g/mol. The summed E-state index contributed by atoms with van der Waals surface area (Å²) in [6.45, 7) is 4.21. The second-order valence-electron chi connectivity index (χ2n) is 14.6. The molecule has 3 atom stereocenters. The molecule has 3 unspecified atom stereocenters. The topological polar surface area (TPSA) is 131 Å². The highest BCUT2D eigenvalue weighted by Crippen LogP contribution is 2.43. The van der Waals surface area contributed by atoms with Gasteiger partial charge in [-0.2, -0.15) is 0 Å². The third-order valence-electron chi connectivity index (χ3n) is 9.62. The van der Waals surface area contributed by atoms with Crippen LogP contribution in [0.15, 0.2) is 12.2 Å². The number of carbonyl (C=O) groups is 1. The van der Waals surface area contributed by atoms with Crippen LogP contribution in [-0.4, -0.2) is 47.8 Å². The standard InChI is InChI=1S/C41H83N2O6P/c1-3-5-7-9-11-13-15-17-19-21-22-24-26-28-30-32-34-40(44)39(38-49-50(46,47)48-37-36-42)43-41(45)35-33-31-29-27-25-23-20-18-16-14-12-10-8-6-4-2/h18,20,39-40,44H,3-17,19,21-38,42H2,1-2H3,(H,43,45)(H,46,47)/b20-18-. The Hall–Kier alpha value is -0.760. The molecule has 0 bridgehead atoms. The first-order valence-corrected chi connectivity index (χ1v) is 22.8. The third-order valence-corrected chi connectivity index (χ3v) is 10.6. The zero-order valence-corrected chi connectivity index (χ0v) is 33.8. The lowest BCUT2D eigenvalue weighted by Gasteiger charge is -2.25. The maximum Gasteiger partial charge on any atom is 0.472 e. The molecule has 5 N–H and O–H groups in total. The predicted octanol–water partition coefficient (Wildman–Crippen LogP) is 11.6. The molecule has 8 nitrogen and oxygen atoms in total. The lowest BCUT2D eigenvalue weighted by Crippen LogP contribution is -2.46. The van der Waals surface area contributed by atoms with E-state index in [9.17, 15) is 19.4 Å². The van der Waals surface area contributed by atoms with Gasteiger partial charge >= 0.3 is 7.82 Å². The van der Waals surface area contributed by atoms with Crippen molar-refractivity contribution in [3.8, 4) is 0 Å². The van der Waals surface area contributed by atoms with Crippen molar-refractivity contribution in [2.75, 3.05) is 19.8 Å². The van der Waals surface area contributed by atoms with Gasteiger partial charge in [-0.3, -0.25) is 13.8 Å². The summed E-state index contributed by atoms with van der Waals surface area (Å²) in [6.07, 6.45) is 40.7. The van der Waals surface area contributed by atoms with Gasteiger partial charge in [-0.15, -0.1) is 0 Å². The number of phosphoric acid groups is 1. The number of hydrogen-bond acceptors (Lipinski definition) is 6. The first-order chi connectivity index (χ1) is 24.4. The maximum absolute atomic E-state index is 12.7. The van der Waals surface area contributed by atoms with Crippen LogP contribution in [-0.2, 0) is 18.4 Å². The van der Waals surface area contributed by atoms with E-state index in [1.807, 2.05) is 0 Å². The van der Waals surface area contributed by atoms with E-state index in [4.69, 9.17) is 14.8 Å². The smallest absolute Gasteiger partial charge is 0.391 e. The first-order valence-electron chi connectivity index (χ1n) is 21.3. The fraction of sp³-hybridized carbons (Fsp3) is 0.927. The molecular formula is C41H83N2O6P. The minimum atomic E-state index is -4.31. The van der Waals surface area contributed by atoms with Crippen molar-refractivity contribution in [3.63, 3.8) is 0 Å². The van der Waals surface area contributed by atoms with E-state index in [2.05, 4.69) is 31.3 Å². The summed E-state index contributed by atoms with van der Waals surface area (Å²) in [7, 11) is -4.31. The highest BCUT2D eigenvalue weighted by molar-refractivity contribution is 7.47. The summed E-state index contributed by atoms with van der Waals surface area (Å²) < 4.78 is 22.2. The summed E-state index contributed by atoms with van der Waals surface area (Å²) in [4.78, 5) is 22.7. The minimum absolute atomic E-state index is 0.0892. The quantitative estimate of drug-likeness (QED) is 0.0280. The van der Waals surface area contributed by atoms with Gasteiger partial charge < -0.3 is 21.1 Å². The molecule has 298 valence electrons. The molecule has 0 aliphatic rings. The fourth-order valence-corrected chi connectivity index (χ4v) is 7.13. The van der Waals surface area contributed by atoms with Gasteiger partial charge in [-0.05, 0) is 38.5 Å². The number of aliphatic hydroxyl groups excluding tert-OH is 1. The summed E-state index contributed by atoms with van der Waals surface area (Å²) in [5.74, 6) is -0.169. The van der Waals surface area contributed by atoms with E-state index < -0.39 is 20.0 Å². The van der Waals surface area contributed by atoms with Gasteiger partial charge in [-0.1, -0.05) is 180 Å². The van der Waals surface area contributed by atoms with Gasteiger partial charge in [0.25, 0.3) is 0 Å². The fourth-order valence-electron chi connectivity index (χ4n) is 6.37. The largest absolute Gasteiger partial charge is 0.472 e. The lowest BCUT2D eigenvalue weighted by atomic mass is 10.0. The van der Waals surface area contributed by atoms with Crippen LogP contribution in [0.1, 0.15) is 213 Å². The van der Waals surface area contributed by atoms with Crippen molar-refractivity contribution >= 4 is 13.7 Å². The number of amides is 1. The van der Waals surface area contributed by atoms with Crippen molar-refractivity contribution in [1.29, 1.82) is 0 Å². The molecule has 0 aliphatic carbocycles. The number of carbonyl (C=O) groups excluding carboxylic acids is 1. The number of unbranched alkanes of at least 4 members (excludes halogenated alkanes) is 26. The maximum atomic E-state index is 12.7. The molecule has 0 spiro atoms. The molecule has 0 saturated carbocycles. The average Bonchev–Trinajstić information content (AvgIpc) is 3.10.